The number of carbonyl (C=O) groups is 4. The van der Waals surface area contributed by atoms with Crippen molar-refractivity contribution in [2.45, 2.75) is 58.0 Å². The number of ether oxygens (including phenoxy) is 4. The molecule has 36 heavy (non-hydrogen) atoms. The molecule has 0 aromatic carbocycles. The van der Waals surface area contributed by atoms with Crippen LogP contribution in [0.1, 0.15) is 45.8 Å². The normalized spacial score (nSPS) is 46.4. The summed E-state index contributed by atoms with van der Waals surface area (Å²) >= 11 is 0. The number of cyclic esters (lactones) is 1. The number of carbonyl (C=O) groups excluding carboxylic acids is 4. The summed E-state index contributed by atoms with van der Waals surface area (Å²) in [6.07, 6.45) is 3.99. The molecule has 0 radical (unpaired) electrons. The van der Waals surface area contributed by atoms with Crippen LogP contribution in [0.25, 0.3) is 0 Å². The van der Waals surface area contributed by atoms with Crippen LogP contribution in [0.15, 0.2) is 35.2 Å². The van der Waals surface area contributed by atoms with Crippen LogP contribution in [0.5, 0.6) is 0 Å². The zero-order chi connectivity index (χ0) is 25.8. The monoisotopic (exact) mass is 498 g/mol. The van der Waals surface area contributed by atoms with E-state index in [-0.39, 0.29) is 12.5 Å². The topological polar surface area (TPSA) is 118 Å². The summed E-state index contributed by atoms with van der Waals surface area (Å²) in [5.74, 6) is -3.93. The summed E-state index contributed by atoms with van der Waals surface area (Å²) in [6, 6.07) is 1.65. The first kappa shape index (κ1) is 23.6. The number of hydrogen-bond donors (Lipinski definition) is 0. The van der Waals surface area contributed by atoms with Crippen LogP contribution >= 0.6 is 0 Å². The van der Waals surface area contributed by atoms with Crippen LogP contribution in [0.2, 0.25) is 0 Å². The van der Waals surface area contributed by atoms with Gasteiger partial charge in [0.15, 0.2) is 6.10 Å². The Morgan fingerprint density at radius 2 is 1.92 bits per heavy atom. The van der Waals surface area contributed by atoms with Gasteiger partial charge in [-0.15, -0.1) is 0 Å². The first-order valence-electron chi connectivity index (χ1n) is 12.3. The highest BCUT2D eigenvalue weighted by atomic mass is 16.6. The van der Waals surface area contributed by atoms with Gasteiger partial charge in [0.05, 0.1) is 43.4 Å². The Morgan fingerprint density at radius 1 is 1.17 bits per heavy atom. The Morgan fingerprint density at radius 3 is 2.58 bits per heavy atom. The van der Waals surface area contributed by atoms with Gasteiger partial charge in [-0.3, -0.25) is 9.59 Å². The molecule has 9 unspecified atom stereocenters. The van der Waals surface area contributed by atoms with Crippen LogP contribution in [0.4, 0.5) is 0 Å². The van der Waals surface area contributed by atoms with Gasteiger partial charge >= 0.3 is 11.9 Å². The van der Waals surface area contributed by atoms with Crippen molar-refractivity contribution in [3.63, 3.8) is 0 Å². The molecule has 9 heteroatoms. The molecule has 1 aromatic heterocycles. The minimum Gasteiger partial charge on any atom is -0.472 e. The summed E-state index contributed by atoms with van der Waals surface area (Å²) in [5, 5.41) is 0. The number of methoxy groups -OCH3 is 1. The predicted molar refractivity (Wildman–Crippen MR) is 121 cm³/mol. The number of furan rings is 1. The van der Waals surface area contributed by atoms with Gasteiger partial charge in [0.25, 0.3) is 0 Å². The maximum absolute atomic E-state index is 14.3. The van der Waals surface area contributed by atoms with Gasteiger partial charge < -0.3 is 23.4 Å². The summed E-state index contributed by atoms with van der Waals surface area (Å²) in [4.78, 5) is 53.9. The smallest absolute Gasteiger partial charge is 0.336 e. The van der Waals surface area contributed by atoms with E-state index in [1.807, 2.05) is 20.8 Å². The second-order valence-electron chi connectivity index (χ2n) is 11.8. The van der Waals surface area contributed by atoms with E-state index in [1.54, 1.807) is 19.1 Å². The molecule has 0 N–H and O–H groups in total. The van der Waals surface area contributed by atoms with Gasteiger partial charge in [-0.05, 0) is 33.3 Å². The van der Waals surface area contributed by atoms with Crippen molar-refractivity contribution in [3.05, 3.63) is 36.3 Å². The van der Waals surface area contributed by atoms with E-state index >= 15 is 0 Å². The Hall–Kier alpha value is -2.78. The lowest BCUT2D eigenvalue weighted by Crippen LogP contribution is -2.71. The quantitative estimate of drug-likeness (QED) is 0.352. The summed E-state index contributed by atoms with van der Waals surface area (Å²) < 4.78 is 28.5. The van der Waals surface area contributed by atoms with E-state index in [0.29, 0.717) is 12.0 Å². The first-order chi connectivity index (χ1) is 16.9. The average Bonchev–Trinajstić information content (AvgIpc) is 3.53. The fourth-order valence-corrected chi connectivity index (χ4v) is 8.54. The number of Topliss-reactive ketones (excluding diaryl/α,β-unsaturated/α-hetero) is 2. The molecule has 9 atom stereocenters. The van der Waals surface area contributed by atoms with Gasteiger partial charge in [0.1, 0.15) is 6.10 Å². The standard InChI is InChI=1S/C27H30O9/c1-24(2)14-10-15-25(3)19(27(14,12-34-24)8-6-16(28)32-5)17(29)21(30)26(4)20(25)18(35-15)23(31)36-22(26)13-7-9-33-11-13/h6-9,11,14-15,18-20,22H,10,12H2,1-5H3. The molecular formula is C27H30O9. The lowest BCUT2D eigenvalue weighted by molar-refractivity contribution is -0.208. The fraction of sp³-hybridized carbons (Fsp3) is 0.630. The molecular weight excluding hydrogens is 468 g/mol. The van der Waals surface area contributed by atoms with E-state index < -0.39 is 75.5 Å². The van der Waals surface area contributed by atoms with Gasteiger partial charge in [-0.2, -0.15) is 0 Å². The third-order valence-corrected chi connectivity index (χ3v) is 9.98. The largest absolute Gasteiger partial charge is 0.472 e. The highest BCUT2D eigenvalue weighted by molar-refractivity contribution is 6.41. The molecule has 3 aliphatic heterocycles. The minimum absolute atomic E-state index is 0.161. The van der Waals surface area contributed by atoms with Gasteiger partial charge in [0, 0.05) is 40.2 Å². The maximum atomic E-state index is 14.3. The van der Waals surface area contributed by atoms with Crippen molar-refractivity contribution in [2.24, 2.45) is 34.0 Å². The Bertz CT molecular complexity index is 1200. The van der Waals surface area contributed by atoms with E-state index in [2.05, 4.69) is 0 Å². The number of rotatable bonds is 3. The van der Waals surface area contributed by atoms with Crippen molar-refractivity contribution in [3.8, 4) is 0 Å². The number of hydrogen-bond acceptors (Lipinski definition) is 9. The number of ketones is 2. The zero-order valence-electron chi connectivity index (χ0n) is 20.9. The van der Waals surface area contributed by atoms with Crippen molar-refractivity contribution in [2.75, 3.05) is 13.7 Å². The Labute approximate surface area is 208 Å². The molecule has 0 spiro atoms. The molecule has 1 aromatic rings. The zero-order valence-corrected chi connectivity index (χ0v) is 20.9. The van der Waals surface area contributed by atoms with Crippen molar-refractivity contribution >= 4 is 23.5 Å². The van der Waals surface area contributed by atoms with E-state index in [1.165, 1.54) is 25.7 Å². The van der Waals surface area contributed by atoms with Crippen LogP contribution in [-0.2, 0) is 38.1 Å². The van der Waals surface area contributed by atoms with Crippen LogP contribution in [0, 0.1) is 34.0 Å². The summed E-state index contributed by atoms with van der Waals surface area (Å²) in [6.45, 7) is 7.71. The third kappa shape index (κ3) is 2.58. The van der Waals surface area contributed by atoms with Crippen molar-refractivity contribution < 1.29 is 42.5 Å². The number of esters is 2. The molecule has 4 heterocycles. The van der Waals surface area contributed by atoms with Crippen molar-refractivity contribution in [1.29, 1.82) is 0 Å². The molecule has 0 amide bonds. The molecule has 2 aliphatic carbocycles. The fourth-order valence-electron chi connectivity index (χ4n) is 8.54. The second kappa shape index (κ2) is 7.16. The SMILES string of the molecule is COC(=O)C=CC12COC(C)(C)C1CC1OC3C(=O)OC(c4ccoc4)C4(C)C(=O)C(=O)C2C1(C)C34. The summed E-state index contributed by atoms with van der Waals surface area (Å²) in [5.41, 5.74) is -3.29. The third-order valence-electron chi connectivity index (χ3n) is 9.98. The Balaban J connectivity index is 1.57. The molecule has 2 saturated carbocycles. The lowest BCUT2D eigenvalue weighted by atomic mass is 9.38. The first-order valence-corrected chi connectivity index (χ1v) is 12.3. The van der Waals surface area contributed by atoms with Gasteiger partial charge in [-0.25, -0.2) is 9.59 Å². The summed E-state index contributed by atoms with van der Waals surface area (Å²) in [7, 11) is 1.29. The van der Waals surface area contributed by atoms with Crippen LogP contribution in [-0.4, -0.2) is 55.0 Å². The van der Waals surface area contributed by atoms with Crippen LogP contribution < -0.4 is 0 Å². The highest BCUT2D eigenvalue weighted by Gasteiger charge is 2.82. The van der Waals surface area contributed by atoms with Crippen molar-refractivity contribution in [1.82, 2.24) is 0 Å². The predicted octanol–water partition coefficient (Wildman–Crippen LogP) is 2.59. The number of fused-ring (bicyclic) bond motifs is 2. The second-order valence-corrected chi connectivity index (χ2v) is 11.8. The Kier molecular flexibility index (Phi) is 4.70. The molecule has 0 bridgehead atoms. The maximum Gasteiger partial charge on any atom is 0.336 e. The van der Waals surface area contributed by atoms with Gasteiger partial charge in [0.2, 0.25) is 11.6 Å². The molecule has 5 aliphatic rings. The molecule has 9 nitrogen and oxygen atoms in total. The van der Waals surface area contributed by atoms with E-state index in [4.69, 9.17) is 23.4 Å². The lowest BCUT2D eigenvalue weighted by Gasteiger charge is -2.62. The highest BCUT2D eigenvalue weighted by Crippen LogP contribution is 2.74. The van der Waals surface area contributed by atoms with Gasteiger partial charge in [-0.1, -0.05) is 13.0 Å². The minimum atomic E-state index is -1.34. The molecule has 192 valence electrons. The van der Waals surface area contributed by atoms with Crippen LogP contribution in [0.3, 0.4) is 0 Å². The molecule has 3 saturated heterocycles. The van der Waals surface area contributed by atoms with E-state index in [0.717, 1.165) is 0 Å². The molecule has 6 rings (SSSR count). The molecule has 5 fully saturated rings. The van der Waals surface area contributed by atoms with E-state index in [9.17, 15) is 19.2 Å². The average molecular weight is 499 g/mol.